The monoisotopic (exact) mass is 585 g/mol. The van der Waals surface area contributed by atoms with Crippen LogP contribution in [0.3, 0.4) is 0 Å². The van der Waals surface area contributed by atoms with Gasteiger partial charge in [-0.15, -0.1) is 10.2 Å². The third-order valence-electron chi connectivity index (χ3n) is 6.83. The molecule has 2 heterocycles. The summed E-state index contributed by atoms with van der Waals surface area (Å²) in [4.78, 5) is 27.7. The van der Waals surface area contributed by atoms with E-state index >= 15 is 4.39 Å². The standard InChI is InChI=1S/C29H24FN7O2S2/c1-29(2)11-21-25(22(38)12-29)24(17-8-4-5-9-19(17)30)18(14-32)26(33)37(21)27-35-36-28(41-27)40-15-23(39)34-20-10-6-3-7-16(20)13-31/h3-10,24H,11-12,15,33H2,1-2H3,(H,34,39). The van der Waals surface area contributed by atoms with E-state index in [9.17, 15) is 20.1 Å². The zero-order valence-electron chi connectivity index (χ0n) is 22.1. The Balaban J connectivity index is 1.47. The number of nitriles is 2. The van der Waals surface area contributed by atoms with Crippen molar-refractivity contribution in [1.29, 1.82) is 10.5 Å². The average Bonchev–Trinajstić information content (AvgIpc) is 3.40. The number of halogens is 1. The van der Waals surface area contributed by atoms with Gasteiger partial charge in [0.15, 0.2) is 10.1 Å². The highest BCUT2D eigenvalue weighted by Crippen LogP contribution is 2.51. The number of thioether (sulfide) groups is 1. The molecule has 9 nitrogen and oxygen atoms in total. The molecule has 1 amide bonds. The topological polar surface area (TPSA) is 149 Å². The minimum atomic E-state index is -0.933. The maximum Gasteiger partial charge on any atom is 0.234 e. The largest absolute Gasteiger partial charge is 0.384 e. The highest BCUT2D eigenvalue weighted by Gasteiger charge is 2.46. The van der Waals surface area contributed by atoms with E-state index < -0.39 is 17.2 Å². The lowest BCUT2D eigenvalue weighted by Crippen LogP contribution is -2.42. The van der Waals surface area contributed by atoms with Gasteiger partial charge in [0.05, 0.1) is 34.6 Å². The predicted molar refractivity (Wildman–Crippen MR) is 154 cm³/mol. The molecule has 0 bridgehead atoms. The molecule has 1 unspecified atom stereocenters. The minimum absolute atomic E-state index is 0.0119. The second kappa shape index (κ2) is 11.2. The molecule has 1 aliphatic carbocycles. The van der Waals surface area contributed by atoms with Crippen LogP contribution in [0.25, 0.3) is 0 Å². The lowest BCUT2D eigenvalue weighted by Gasteiger charge is -2.42. The number of nitrogens with one attached hydrogen (secondary N) is 1. The number of carbonyl (C=O) groups is 2. The van der Waals surface area contributed by atoms with Crippen LogP contribution in [0, 0.1) is 33.9 Å². The molecule has 0 radical (unpaired) electrons. The molecule has 3 aromatic rings. The number of hydrogen-bond donors (Lipinski definition) is 2. The van der Waals surface area contributed by atoms with Gasteiger partial charge in [0.1, 0.15) is 17.7 Å². The highest BCUT2D eigenvalue weighted by atomic mass is 32.2. The van der Waals surface area contributed by atoms with E-state index in [-0.39, 0.29) is 40.8 Å². The molecule has 2 aromatic carbocycles. The van der Waals surface area contributed by atoms with Crippen LogP contribution in [0.1, 0.15) is 43.7 Å². The van der Waals surface area contributed by atoms with Gasteiger partial charge in [-0.2, -0.15) is 10.5 Å². The molecule has 0 saturated heterocycles. The van der Waals surface area contributed by atoms with Gasteiger partial charge < -0.3 is 11.1 Å². The summed E-state index contributed by atoms with van der Waals surface area (Å²) < 4.78 is 15.5. The van der Waals surface area contributed by atoms with Gasteiger partial charge in [0.25, 0.3) is 0 Å². The van der Waals surface area contributed by atoms with Gasteiger partial charge in [-0.25, -0.2) is 4.39 Å². The summed E-state index contributed by atoms with van der Waals surface area (Å²) in [7, 11) is 0. The summed E-state index contributed by atoms with van der Waals surface area (Å²) >= 11 is 2.31. The summed E-state index contributed by atoms with van der Waals surface area (Å²) in [5.41, 5.74) is 8.12. The van der Waals surface area contributed by atoms with Crippen LogP contribution >= 0.6 is 23.1 Å². The summed E-state index contributed by atoms with van der Waals surface area (Å²) in [5, 5.41) is 30.9. The molecule has 1 aromatic heterocycles. The molecule has 3 N–H and O–H groups in total. The average molecular weight is 586 g/mol. The number of nitrogens with two attached hydrogens (primary N) is 1. The number of Topliss-reactive ketones (excluding diaryl/α,β-unsaturated/α-hetero) is 1. The van der Waals surface area contributed by atoms with Crippen molar-refractivity contribution in [3.05, 3.63) is 88.1 Å². The van der Waals surface area contributed by atoms with Crippen molar-refractivity contribution in [2.45, 2.75) is 36.9 Å². The maximum atomic E-state index is 15.0. The Kier molecular flexibility index (Phi) is 7.63. The Morgan fingerprint density at radius 2 is 1.90 bits per heavy atom. The Labute approximate surface area is 244 Å². The molecular weight excluding hydrogens is 561 g/mol. The first-order valence-corrected chi connectivity index (χ1v) is 14.4. The van der Waals surface area contributed by atoms with Gasteiger partial charge >= 0.3 is 0 Å². The van der Waals surface area contributed by atoms with E-state index in [1.165, 1.54) is 6.07 Å². The summed E-state index contributed by atoms with van der Waals surface area (Å²) in [6, 6.07) is 16.9. The fourth-order valence-corrected chi connectivity index (χ4v) is 6.78. The van der Waals surface area contributed by atoms with Gasteiger partial charge in [-0.3, -0.25) is 14.5 Å². The number of carbonyl (C=O) groups excluding carboxylic acids is 2. The third kappa shape index (κ3) is 5.44. The number of nitrogens with zero attached hydrogens (tertiary/aromatic N) is 5. The zero-order chi connectivity index (χ0) is 29.3. The van der Waals surface area contributed by atoms with E-state index in [2.05, 4.69) is 21.6 Å². The van der Waals surface area contributed by atoms with E-state index in [0.29, 0.717) is 38.4 Å². The van der Waals surface area contributed by atoms with Crippen LogP contribution in [-0.2, 0) is 9.59 Å². The number of aromatic nitrogens is 2. The van der Waals surface area contributed by atoms with Gasteiger partial charge in [0, 0.05) is 23.3 Å². The first-order chi connectivity index (χ1) is 19.6. The van der Waals surface area contributed by atoms with Crippen LogP contribution in [-0.4, -0.2) is 27.6 Å². The minimum Gasteiger partial charge on any atom is -0.384 e. The number of para-hydroxylation sites is 1. The smallest absolute Gasteiger partial charge is 0.234 e. The first-order valence-electron chi connectivity index (χ1n) is 12.6. The van der Waals surface area contributed by atoms with Gasteiger partial charge in [-0.05, 0) is 30.0 Å². The Morgan fingerprint density at radius 1 is 1.17 bits per heavy atom. The van der Waals surface area contributed by atoms with Gasteiger partial charge in [0.2, 0.25) is 11.0 Å². The quantitative estimate of drug-likeness (QED) is 0.371. The predicted octanol–water partition coefficient (Wildman–Crippen LogP) is 5.22. The van der Waals surface area contributed by atoms with Crippen LogP contribution in [0.4, 0.5) is 15.2 Å². The number of ketones is 1. The Hall–Kier alpha value is -4.52. The van der Waals surface area contributed by atoms with Crippen molar-refractivity contribution in [2.75, 3.05) is 16.0 Å². The summed E-state index contributed by atoms with van der Waals surface area (Å²) in [6.45, 7) is 3.93. The van der Waals surface area contributed by atoms with Crippen molar-refractivity contribution >= 4 is 45.6 Å². The summed E-state index contributed by atoms with van der Waals surface area (Å²) in [6.07, 6.45) is 0.686. The van der Waals surface area contributed by atoms with Crippen molar-refractivity contribution < 1.29 is 14.0 Å². The van der Waals surface area contributed by atoms with Gasteiger partial charge in [-0.1, -0.05) is 67.3 Å². The highest BCUT2D eigenvalue weighted by molar-refractivity contribution is 8.01. The van der Waals surface area contributed by atoms with Crippen LogP contribution in [0.5, 0.6) is 0 Å². The number of allylic oxidation sites excluding steroid dienone is 3. The zero-order valence-corrected chi connectivity index (χ0v) is 23.8. The molecule has 5 rings (SSSR count). The van der Waals surface area contributed by atoms with E-state index in [1.807, 2.05) is 19.9 Å². The Morgan fingerprint density at radius 3 is 2.63 bits per heavy atom. The lowest BCUT2D eigenvalue weighted by molar-refractivity contribution is -0.118. The van der Waals surface area contributed by atoms with Crippen molar-refractivity contribution in [3.63, 3.8) is 0 Å². The van der Waals surface area contributed by atoms with Crippen molar-refractivity contribution in [2.24, 2.45) is 11.1 Å². The molecule has 2 aliphatic rings. The molecule has 0 saturated carbocycles. The summed E-state index contributed by atoms with van der Waals surface area (Å²) in [5.74, 6) is -1.89. The van der Waals surface area contributed by atoms with Crippen LogP contribution < -0.4 is 16.0 Å². The first kappa shape index (κ1) is 28.0. The fourth-order valence-electron chi connectivity index (χ4n) is 5.10. The number of anilines is 2. The third-order valence-corrected chi connectivity index (χ3v) is 8.87. The fraction of sp³-hybridized carbons (Fsp3) is 0.241. The molecule has 1 aliphatic heterocycles. The van der Waals surface area contributed by atoms with Crippen molar-refractivity contribution in [1.82, 2.24) is 10.2 Å². The van der Waals surface area contributed by atoms with E-state index in [1.54, 1.807) is 47.4 Å². The molecule has 41 heavy (non-hydrogen) atoms. The van der Waals surface area contributed by atoms with E-state index in [0.717, 1.165) is 23.1 Å². The molecule has 12 heteroatoms. The van der Waals surface area contributed by atoms with Crippen molar-refractivity contribution in [3.8, 4) is 12.1 Å². The number of hydrogen-bond acceptors (Lipinski definition) is 10. The molecule has 206 valence electrons. The lowest BCUT2D eigenvalue weighted by atomic mass is 9.68. The second-order valence-corrected chi connectivity index (χ2v) is 12.5. The molecular formula is C29H24FN7O2S2. The maximum absolute atomic E-state index is 15.0. The normalized spacial score (nSPS) is 18.0. The number of benzene rings is 2. The number of rotatable bonds is 6. The van der Waals surface area contributed by atoms with Crippen LogP contribution in [0.15, 0.2) is 75.5 Å². The van der Waals surface area contributed by atoms with E-state index in [4.69, 9.17) is 5.73 Å². The SMILES string of the molecule is CC1(C)CC(=O)C2=C(C1)N(c1nnc(SCC(=O)Nc3ccccc3C#N)s1)C(N)=C(C#N)C2c1ccccc1F. The second-order valence-electron chi connectivity index (χ2n) is 10.3. The van der Waals surface area contributed by atoms with Crippen LogP contribution in [0.2, 0.25) is 0 Å². The Bertz CT molecular complexity index is 1710. The number of amides is 1. The molecule has 0 spiro atoms. The molecule has 0 fully saturated rings. The molecule has 1 atom stereocenters.